The van der Waals surface area contributed by atoms with Crippen LogP contribution in [0.3, 0.4) is 0 Å². The molecular formula is C16H15N3O2. The number of hydrogen-bond donors (Lipinski definition) is 1. The first-order chi connectivity index (χ1) is 10.1. The van der Waals surface area contributed by atoms with Crippen LogP contribution >= 0.6 is 0 Å². The van der Waals surface area contributed by atoms with Crippen LogP contribution in [0.4, 0.5) is 0 Å². The van der Waals surface area contributed by atoms with Crippen LogP contribution < -0.4 is 0 Å². The number of rotatable bonds is 4. The van der Waals surface area contributed by atoms with E-state index in [1.807, 2.05) is 41.0 Å². The van der Waals surface area contributed by atoms with Crippen molar-refractivity contribution in [3.05, 3.63) is 54.5 Å². The number of pyridine rings is 1. The Morgan fingerprint density at radius 1 is 1.24 bits per heavy atom. The third kappa shape index (κ3) is 2.63. The van der Waals surface area contributed by atoms with Gasteiger partial charge in [-0.2, -0.15) is 0 Å². The summed E-state index contributed by atoms with van der Waals surface area (Å²) in [5.41, 5.74) is 3.62. The van der Waals surface area contributed by atoms with E-state index in [4.69, 9.17) is 5.11 Å². The van der Waals surface area contributed by atoms with E-state index in [1.54, 1.807) is 19.4 Å². The van der Waals surface area contributed by atoms with Crippen molar-refractivity contribution < 1.29 is 9.90 Å². The zero-order chi connectivity index (χ0) is 14.8. The maximum Gasteiger partial charge on any atom is 0.306 e. The van der Waals surface area contributed by atoms with Gasteiger partial charge in [-0.3, -0.25) is 9.36 Å². The van der Waals surface area contributed by atoms with Crippen molar-refractivity contribution in [2.75, 3.05) is 0 Å². The summed E-state index contributed by atoms with van der Waals surface area (Å²) in [5, 5.41) is 8.95. The predicted molar refractivity (Wildman–Crippen MR) is 79.4 cm³/mol. The molecule has 2 heterocycles. The van der Waals surface area contributed by atoms with Crippen molar-refractivity contribution in [2.45, 2.75) is 13.3 Å². The first-order valence-corrected chi connectivity index (χ1v) is 6.75. The van der Waals surface area contributed by atoms with Crippen LogP contribution in [0.2, 0.25) is 0 Å². The highest BCUT2D eigenvalue weighted by Crippen LogP contribution is 2.17. The fourth-order valence-electron chi connectivity index (χ4n) is 2.27. The zero-order valence-electron chi connectivity index (χ0n) is 11.6. The lowest BCUT2D eigenvalue weighted by Crippen LogP contribution is -2.12. The molecule has 0 aliphatic carbocycles. The monoisotopic (exact) mass is 281 g/mol. The summed E-state index contributed by atoms with van der Waals surface area (Å²) >= 11 is 0. The molecule has 0 fully saturated rings. The van der Waals surface area contributed by atoms with Gasteiger partial charge in [0.1, 0.15) is 11.8 Å². The minimum Gasteiger partial charge on any atom is -0.481 e. The van der Waals surface area contributed by atoms with Crippen LogP contribution in [0.25, 0.3) is 16.9 Å². The van der Waals surface area contributed by atoms with Crippen LogP contribution in [-0.4, -0.2) is 25.6 Å². The summed E-state index contributed by atoms with van der Waals surface area (Å²) < 4.78 is 1.92. The molecule has 0 spiro atoms. The Morgan fingerprint density at radius 3 is 2.71 bits per heavy atom. The summed E-state index contributed by atoms with van der Waals surface area (Å²) in [6.45, 7) is 1.71. The second-order valence-electron chi connectivity index (χ2n) is 5.07. The number of nitrogens with zero attached hydrogens (tertiary/aromatic N) is 3. The molecule has 3 aromatic rings. The van der Waals surface area contributed by atoms with Gasteiger partial charge in [0.25, 0.3) is 0 Å². The highest BCUT2D eigenvalue weighted by Gasteiger charge is 2.11. The molecule has 1 unspecified atom stereocenters. The van der Waals surface area contributed by atoms with Gasteiger partial charge < -0.3 is 5.11 Å². The van der Waals surface area contributed by atoms with Gasteiger partial charge in [-0.15, -0.1) is 0 Å². The minimum absolute atomic E-state index is 0.383. The van der Waals surface area contributed by atoms with Gasteiger partial charge in [0.15, 0.2) is 5.65 Å². The Kier molecular flexibility index (Phi) is 3.39. The van der Waals surface area contributed by atoms with Crippen molar-refractivity contribution in [2.24, 2.45) is 5.92 Å². The van der Waals surface area contributed by atoms with Gasteiger partial charge in [0.2, 0.25) is 0 Å². The lowest BCUT2D eigenvalue weighted by Gasteiger charge is -2.08. The summed E-state index contributed by atoms with van der Waals surface area (Å²) in [5.74, 6) is -1.16. The molecular weight excluding hydrogens is 266 g/mol. The largest absolute Gasteiger partial charge is 0.481 e. The Balaban J connectivity index is 1.89. The second-order valence-corrected chi connectivity index (χ2v) is 5.07. The fourth-order valence-corrected chi connectivity index (χ4v) is 2.27. The third-order valence-electron chi connectivity index (χ3n) is 3.48. The standard InChI is InChI=1S/C16H15N3O2/c1-11(16(20)21)9-12-4-6-13(7-5-12)19-10-18-14-3-2-8-17-15(14)19/h2-8,10-11H,9H2,1H3,(H,20,21). The highest BCUT2D eigenvalue weighted by molar-refractivity contribution is 5.72. The lowest BCUT2D eigenvalue weighted by atomic mass is 10.0. The summed E-state index contributed by atoms with van der Waals surface area (Å²) in [6.07, 6.45) is 4.01. The first kappa shape index (κ1) is 13.3. The third-order valence-corrected chi connectivity index (χ3v) is 3.48. The number of fused-ring (bicyclic) bond motifs is 1. The molecule has 0 aliphatic heterocycles. The summed E-state index contributed by atoms with van der Waals surface area (Å²) in [7, 11) is 0. The molecule has 0 saturated carbocycles. The van der Waals surface area contributed by atoms with E-state index in [0.29, 0.717) is 6.42 Å². The zero-order valence-corrected chi connectivity index (χ0v) is 11.6. The van der Waals surface area contributed by atoms with Gasteiger partial charge >= 0.3 is 5.97 Å². The number of aromatic nitrogens is 3. The molecule has 0 amide bonds. The molecule has 0 bridgehead atoms. The van der Waals surface area contributed by atoms with Crippen LogP contribution in [-0.2, 0) is 11.2 Å². The average molecular weight is 281 g/mol. The SMILES string of the molecule is CC(Cc1ccc(-n2cnc3cccnc32)cc1)C(=O)O. The van der Waals surface area contributed by atoms with Crippen LogP contribution in [0.5, 0.6) is 0 Å². The minimum atomic E-state index is -0.774. The number of aliphatic carboxylic acids is 1. The van der Waals surface area contributed by atoms with Crippen LogP contribution in [0.15, 0.2) is 48.9 Å². The van der Waals surface area contributed by atoms with E-state index >= 15 is 0 Å². The van der Waals surface area contributed by atoms with Crippen LogP contribution in [0.1, 0.15) is 12.5 Å². The fraction of sp³-hybridized carbons (Fsp3) is 0.188. The second kappa shape index (κ2) is 5.36. The number of imidazole rings is 1. The van der Waals surface area contributed by atoms with Crippen molar-refractivity contribution in [3.63, 3.8) is 0 Å². The Labute approximate surface area is 121 Å². The molecule has 106 valence electrons. The lowest BCUT2D eigenvalue weighted by molar-refractivity contribution is -0.141. The molecule has 0 radical (unpaired) electrons. The molecule has 5 heteroatoms. The maximum atomic E-state index is 10.9. The van der Waals surface area contributed by atoms with Crippen LogP contribution in [0, 0.1) is 5.92 Å². The van der Waals surface area contributed by atoms with E-state index in [0.717, 1.165) is 22.4 Å². The molecule has 0 aliphatic rings. The number of benzene rings is 1. The van der Waals surface area contributed by atoms with E-state index < -0.39 is 5.97 Å². The van der Waals surface area contributed by atoms with Crippen molar-refractivity contribution in [1.29, 1.82) is 0 Å². The number of carboxylic acids is 1. The Morgan fingerprint density at radius 2 is 2.00 bits per heavy atom. The van der Waals surface area contributed by atoms with Gasteiger partial charge in [-0.05, 0) is 36.2 Å². The maximum absolute atomic E-state index is 10.9. The first-order valence-electron chi connectivity index (χ1n) is 6.75. The molecule has 1 atom stereocenters. The van der Waals surface area contributed by atoms with Crippen molar-refractivity contribution >= 4 is 17.1 Å². The molecule has 1 N–H and O–H groups in total. The Bertz CT molecular complexity index is 778. The molecule has 2 aromatic heterocycles. The van der Waals surface area contributed by atoms with E-state index in [9.17, 15) is 4.79 Å². The van der Waals surface area contributed by atoms with Gasteiger partial charge in [-0.25, -0.2) is 9.97 Å². The molecule has 0 saturated heterocycles. The summed E-state index contributed by atoms with van der Waals surface area (Å²) in [4.78, 5) is 19.5. The topological polar surface area (TPSA) is 68.0 Å². The highest BCUT2D eigenvalue weighted by atomic mass is 16.4. The summed E-state index contributed by atoms with van der Waals surface area (Å²) in [6, 6.07) is 11.6. The number of hydrogen-bond acceptors (Lipinski definition) is 3. The van der Waals surface area contributed by atoms with Gasteiger partial charge in [-0.1, -0.05) is 19.1 Å². The van der Waals surface area contributed by atoms with Gasteiger partial charge in [0, 0.05) is 11.9 Å². The predicted octanol–water partition coefficient (Wildman–Crippen LogP) is 2.68. The van der Waals surface area contributed by atoms with Gasteiger partial charge in [0.05, 0.1) is 5.92 Å². The Hall–Kier alpha value is -2.69. The van der Waals surface area contributed by atoms with E-state index in [2.05, 4.69) is 9.97 Å². The van der Waals surface area contributed by atoms with Crippen molar-refractivity contribution in [3.8, 4) is 5.69 Å². The molecule has 21 heavy (non-hydrogen) atoms. The van der Waals surface area contributed by atoms with Crippen molar-refractivity contribution in [1.82, 2.24) is 14.5 Å². The van der Waals surface area contributed by atoms with E-state index in [-0.39, 0.29) is 5.92 Å². The number of carboxylic acid groups (broad SMARTS) is 1. The normalized spacial score (nSPS) is 12.4. The quantitative estimate of drug-likeness (QED) is 0.798. The average Bonchev–Trinajstić information content (AvgIpc) is 2.92. The smallest absolute Gasteiger partial charge is 0.306 e. The molecule has 5 nitrogen and oxygen atoms in total. The van der Waals surface area contributed by atoms with E-state index in [1.165, 1.54) is 0 Å². The molecule has 1 aromatic carbocycles. The number of carbonyl (C=O) groups is 1. The molecule has 3 rings (SSSR count).